The van der Waals surface area contributed by atoms with Crippen LogP contribution in [0, 0.1) is 12.7 Å². The number of rotatable bonds is 5. The van der Waals surface area contributed by atoms with Gasteiger partial charge in [0.2, 0.25) is 0 Å². The molecular weight excluding hydrogens is 327 g/mol. The molecule has 1 heterocycles. The first-order valence-corrected chi connectivity index (χ1v) is 8.23. The third-order valence-corrected chi connectivity index (χ3v) is 3.97. The van der Waals surface area contributed by atoms with Crippen molar-refractivity contribution < 1.29 is 13.9 Å². The van der Waals surface area contributed by atoms with Gasteiger partial charge in [-0.25, -0.2) is 9.37 Å². The van der Waals surface area contributed by atoms with E-state index < -0.39 is 11.7 Å². The normalized spacial score (nSPS) is 10.4. The van der Waals surface area contributed by atoms with Gasteiger partial charge in [0.25, 0.3) is 5.91 Å². The van der Waals surface area contributed by atoms with Crippen LogP contribution < -0.4 is 10.1 Å². The summed E-state index contributed by atoms with van der Waals surface area (Å²) in [6, 6.07) is 11.4. The standard InChI is InChI=1S/C18H15FN2O2S/c1-12-5-6-17(16(19)7-12)21-18(22)13-3-2-4-15(8-13)23-9-14-10-24-11-20-14/h2-8,10-11H,9H2,1H3,(H,21,22). The van der Waals surface area contributed by atoms with Gasteiger partial charge in [-0.1, -0.05) is 12.1 Å². The summed E-state index contributed by atoms with van der Waals surface area (Å²) in [6.07, 6.45) is 0. The average molecular weight is 342 g/mol. The van der Waals surface area contributed by atoms with E-state index in [0.29, 0.717) is 17.9 Å². The molecule has 0 spiro atoms. The predicted octanol–water partition coefficient (Wildman–Crippen LogP) is 4.42. The van der Waals surface area contributed by atoms with Gasteiger partial charge in [0.1, 0.15) is 18.2 Å². The zero-order chi connectivity index (χ0) is 16.9. The SMILES string of the molecule is Cc1ccc(NC(=O)c2cccc(OCc3cscn3)c2)c(F)c1. The monoisotopic (exact) mass is 342 g/mol. The zero-order valence-corrected chi connectivity index (χ0v) is 13.8. The van der Waals surface area contributed by atoms with E-state index in [0.717, 1.165) is 11.3 Å². The van der Waals surface area contributed by atoms with Gasteiger partial charge in [-0.05, 0) is 42.8 Å². The Kier molecular flexibility index (Phi) is 4.86. The fourth-order valence-corrected chi connectivity index (χ4v) is 2.65. The second kappa shape index (κ2) is 7.23. The lowest BCUT2D eigenvalue weighted by Crippen LogP contribution is -2.13. The molecule has 0 atom stereocenters. The first-order chi connectivity index (χ1) is 11.6. The number of thiazole rings is 1. The Morgan fingerprint density at radius 3 is 2.92 bits per heavy atom. The van der Waals surface area contributed by atoms with Crippen LogP contribution in [0.2, 0.25) is 0 Å². The minimum atomic E-state index is -0.459. The van der Waals surface area contributed by atoms with Gasteiger partial charge in [-0.3, -0.25) is 4.79 Å². The largest absolute Gasteiger partial charge is 0.487 e. The number of ether oxygens (including phenoxy) is 1. The third-order valence-electron chi connectivity index (χ3n) is 3.34. The molecule has 1 N–H and O–H groups in total. The number of amides is 1. The summed E-state index contributed by atoms with van der Waals surface area (Å²) in [6.45, 7) is 2.12. The molecule has 0 aliphatic rings. The molecule has 0 saturated heterocycles. The first kappa shape index (κ1) is 16.1. The Hall–Kier alpha value is -2.73. The molecule has 3 rings (SSSR count). The molecule has 0 saturated carbocycles. The molecule has 0 aliphatic carbocycles. The highest BCUT2D eigenvalue weighted by atomic mass is 32.1. The fraction of sp³-hybridized carbons (Fsp3) is 0.111. The Bertz CT molecular complexity index is 850. The van der Waals surface area contributed by atoms with Crippen molar-refractivity contribution in [3.05, 3.63) is 76.0 Å². The third kappa shape index (κ3) is 3.97. The number of nitrogens with zero attached hydrogens (tertiary/aromatic N) is 1. The lowest BCUT2D eigenvalue weighted by molar-refractivity contribution is 0.102. The summed E-state index contributed by atoms with van der Waals surface area (Å²) in [7, 11) is 0. The maximum absolute atomic E-state index is 13.8. The number of nitrogens with one attached hydrogen (secondary N) is 1. The van der Waals surface area contributed by atoms with Crippen LogP contribution >= 0.6 is 11.3 Å². The molecule has 6 heteroatoms. The number of anilines is 1. The molecule has 122 valence electrons. The maximum Gasteiger partial charge on any atom is 0.255 e. The van der Waals surface area contributed by atoms with Crippen LogP contribution in [0.5, 0.6) is 5.75 Å². The lowest BCUT2D eigenvalue weighted by Gasteiger charge is -2.09. The zero-order valence-electron chi connectivity index (χ0n) is 13.0. The highest BCUT2D eigenvalue weighted by molar-refractivity contribution is 7.07. The second-order valence-corrected chi connectivity index (χ2v) is 5.95. The number of carbonyl (C=O) groups is 1. The minimum absolute atomic E-state index is 0.152. The molecule has 0 aliphatic heterocycles. The van der Waals surface area contributed by atoms with Crippen molar-refractivity contribution >= 4 is 22.9 Å². The highest BCUT2D eigenvalue weighted by Gasteiger charge is 2.10. The molecule has 1 aromatic heterocycles. The van der Waals surface area contributed by atoms with Crippen LogP contribution in [0.15, 0.2) is 53.4 Å². The Morgan fingerprint density at radius 2 is 2.17 bits per heavy atom. The molecule has 0 bridgehead atoms. The summed E-state index contributed by atoms with van der Waals surface area (Å²) in [5.41, 5.74) is 3.91. The van der Waals surface area contributed by atoms with Gasteiger partial charge in [0.15, 0.2) is 0 Å². The van der Waals surface area contributed by atoms with Crippen molar-refractivity contribution in [3.63, 3.8) is 0 Å². The van der Waals surface area contributed by atoms with Crippen LogP contribution in [-0.4, -0.2) is 10.9 Å². The van der Waals surface area contributed by atoms with E-state index in [2.05, 4.69) is 10.3 Å². The van der Waals surface area contributed by atoms with Crippen LogP contribution in [0.25, 0.3) is 0 Å². The number of benzene rings is 2. The summed E-state index contributed by atoms with van der Waals surface area (Å²) in [5.74, 6) is -0.295. The van der Waals surface area contributed by atoms with Crippen LogP contribution in [0.4, 0.5) is 10.1 Å². The Labute approximate surface area is 142 Å². The molecular formula is C18H15FN2O2S. The summed E-state index contributed by atoms with van der Waals surface area (Å²) in [5, 5.41) is 4.47. The number of halogens is 1. The van der Waals surface area contributed by atoms with E-state index in [1.54, 1.807) is 48.8 Å². The Balaban J connectivity index is 1.69. The van der Waals surface area contributed by atoms with Crippen LogP contribution in [0.3, 0.4) is 0 Å². The fourth-order valence-electron chi connectivity index (χ4n) is 2.11. The molecule has 24 heavy (non-hydrogen) atoms. The van der Waals surface area contributed by atoms with Crippen molar-refractivity contribution in [2.45, 2.75) is 13.5 Å². The number of aryl methyl sites for hydroxylation is 1. The molecule has 2 aromatic carbocycles. The number of aromatic nitrogens is 1. The van der Waals surface area contributed by atoms with Gasteiger partial charge < -0.3 is 10.1 Å². The minimum Gasteiger partial charge on any atom is -0.487 e. The first-order valence-electron chi connectivity index (χ1n) is 7.29. The molecule has 0 fully saturated rings. The highest BCUT2D eigenvalue weighted by Crippen LogP contribution is 2.19. The van der Waals surface area contributed by atoms with Crippen molar-refractivity contribution in [2.24, 2.45) is 0 Å². The Morgan fingerprint density at radius 1 is 1.29 bits per heavy atom. The molecule has 1 amide bonds. The number of carbonyl (C=O) groups excluding carboxylic acids is 1. The number of hydrogen-bond donors (Lipinski definition) is 1. The average Bonchev–Trinajstić information content (AvgIpc) is 3.09. The van der Waals surface area contributed by atoms with Gasteiger partial charge in [-0.2, -0.15) is 0 Å². The van der Waals surface area contributed by atoms with Gasteiger partial charge in [-0.15, -0.1) is 11.3 Å². The second-order valence-electron chi connectivity index (χ2n) is 5.23. The van der Waals surface area contributed by atoms with Crippen molar-refractivity contribution in [2.75, 3.05) is 5.32 Å². The van der Waals surface area contributed by atoms with Crippen molar-refractivity contribution in [1.29, 1.82) is 0 Å². The smallest absolute Gasteiger partial charge is 0.255 e. The molecule has 3 aromatic rings. The van der Waals surface area contributed by atoms with Gasteiger partial charge in [0, 0.05) is 10.9 Å². The van der Waals surface area contributed by atoms with E-state index in [-0.39, 0.29) is 5.69 Å². The van der Waals surface area contributed by atoms with Crippen LogP contribution in [-0.2, 0) is 6.61 Å². The van der Waals surface area contributed by atoms with E-state index in [1.807, 2.05) is 5.38 Å². The number of hydrogen-bond acceptors (Lipinski definition) is 4. The summed E-state index contributed by atoms with van der Waals surface area (Å²) < 4.78 is 19.5. The summed E-state index contributed by atoms with van der Waals surface area (Å²) >= 11 is 1.50. The van der Waals surface area contributed by atoms with E-state index in [9.17, 15) is 9.18 Å². The van der Waals surface area contributed by atoms with E-state index in [4.69, 9.17) is 4.74 Å². The molecule has 0 radical (unpaired) electrons. The molecule has 0 unspecified atom stereocenters. The summed E-state index contributed by atoms with van der Waals surface area (Å²) in [4.78, 5) is 16.4. The van der Waals surface area contributed by atoms with Crippen LogP contribution in [0.1, 0.15) is 21.6 Å². The van der Waals surface area contributed by atoms with Crippen molar-refractivity contribution in [1.82, 2.24) is 4.98 Å². The van der Waals surface area contributed by atoms with Crippen molar-refractivity contribution in [3.8, 4) is 5.75 Å². The van der Waals surface area contributed by atoms with E-state index >= 15 is 0 Å². The van der Waals surface area contributed by atoms with Gasteiger partial charge in [0.05, 0.1) is 16.9 Å². The lowest BCUT2D eigenvalue weighted by atomic mass is 10.1. The van der Waals surface area contributed by atoms with Gasteiger partial charge >= 0.3 is 0 Å². The molecule has 4 nitrogen and oxygen atoms in total. The quantitative estimate of drug-likeness (QED) is 0.747. The van der Waals surface area contributed by atoms with E-state index in [1.165, 1.54) is 17.4 Å². The maximum atomic E-state index is 13.8. The topological polar surface area (TPSA) is 51.2 Å². The predicted molar refractivity (Wildman–Crippen MR) is 92.0 cm³/mol.